The first kappa shape index (κ1) is 16.8. The van der Waals surface area contributed by atoms with Crippen LogP contribution in [0.3, 0.4) is 0 Å². The van der Waals surface area contributed by atoms with Gasteiger partial charge in [0.2, 0.25) is 0 Å². The summed E-state index contributed by atoms with van der Waals surface area (Å²) in [6, 6.07) is 7.51. The summed E-state index contributed by atoms with van der Waals surface area (Å²) >= 11 is 0. The summed E-state index contributed by atoms with van der Waals surface area (Å²) in [5.74, 6) is 0.610. The number of benzene rings is 1. The van der Waals surface area contributed by atoms with E-state index in [9.17, 15) is 8.42 Å². The largest absolute Gasteiger partial charge is 0.370 e. The van der Waals surface area contributed by atoms with Gasteiger partial charge in [-0.05, 0) is 24.0 Å². The first-order valence-electron chi connectivity index (χ1n) is 7.75. The molecule has 0 atom stereocenters. The SMILES string of the molecule is CS(=O)(=O)Cc1ccccc1CN=C(N)N1CCCCCC1. The minimum atomic E-state index is -3.05. The number of likely N-dealkylation sites (tertiary alicyclic amines) is 1. The van der Waals surface area contributed by atoms with Crippen molar-refractivity contribution in [1.29, 1.82) is 0 Å². The van der Waals surface area contributed by atoms with Crippen LogP contribution in [0.1, 0.15) is 36.8 Å². The maximum Gasteiger partial charge on any atom is 0.191 e. The fourth-order valence-corrected chi connectivity index (χ4v) is 3.55. The fourth-order valence-electron chi connectivity index (χ4n) is 2.70. The van der Waals surface area contributed by atoms with Crippen molar-refractivity contribution in [2.75, 3.05) is 19.3 Å². The third-order valence-corrected chi connectivity index (χ3v) is 4.71. The summed E-state index contributed by atoms with van der Waals surface area (Å²) in [5.41, 5.74) is 7.83. The van der Waals surface area contributed by atoms with Gasteiger partial charge in [-0.15, -0.1) is 0 Å². The first-order valence-corrected chi connectivity index (χ1v) is 9.81. The van der Waals surface area contributed by atoms with E-state index < -0.39 is 9.84 Å². The van der Waals surface area contributed by atoms with Crippen LogP contribution in [0.25, 0.3) is 0 Å². The summed E-state index contributed by atoms with van der Waals surface area (Å²) in [4.78, 5) is 6.61. The normalized spacial score (nSPS) is 17.3. The van der Waals surface area contributed by atoms with Crippen LogP contribution < -0.4 is 5.73 Å². The molecule has 1 aliphatic heterocycles. The minimum Gasteiger partial charge on any atom is -0.370 e. The highest BCUT2D eigenvalue weighted by Crippen LogP contribution is 2.14. The predicted octanol–water partition coefficient (Wildman–Crippen LogP) is 1.92. The third kappa shape index (κ3) is 5.33. The van der Waals surface area contributed by atoms with Crippen LogP contribution >= 0.6 is 0 Å². The third-order valence-electron chi connectivity index (χ3n) is 3.88. The molecule has 0 bridgehead atoms. The molecule has 0 saturated carbocycles. The lowest BCUT2D eigenvalue weighted by Crippen LogP contribution is -2.38. The summed E-state index contributed by atoms with van der Waals surface area (Å²) in [6.45, 7) is 2.34. The predicted molar refractivity (Wildman–Crippen MR) is 90.4 cm³/mol. The zero-order valence-electron chi connectivity index (χ0n) is 13.2. The molecule has 0 radical (unpaired) electrons. The van der Waals surface area contributed by atoms with Gasteiger partial charge in [0.15, 0.2) is 15.8 Å². The molecule has 1 heterocycles. The minimum absolute atomic E-state index is 0.0440. The smallest absolute Gasteiger partial charge is 0.191 e. The average Bonchev–Trinajstić information content (AvgIpc) is 2.73. The number of aliphatic imine (C=N–C) groups is 1. The molecule has 5 nitrogen and oxygen atoms in total. The lowest BCUT2D eigenvalue weighted by atomic mass is 10.1. The van der Waals surface area contributed by atoms with Crippen molar-refractivity contribution in [2.45, 2.75) is 38.0 Å². The molecule has 2 N–H and O–H groups in total. The molecule has 6 heteroatoms. The van der Waals surface area contributed by atoms with E-state index in [0.29, 0.717) is 12.5 Å². The second-order valence-corrected chi connectivity index (χ2v) is 8.05. The van der Waals surface area contributed by atoms with Gasteiger partial charge in [0, 0.05) is 19.3 Å². The summed E-state index contributed by atoms with van der Waals surface area (Å²) in [7, 11) is -3.05. The number of nitrogens with zero attached hydrogens (tertiary/aromatic N) is 2. The van der Waals surface area contributed by atoms with Gasteiger partial charge in [0.25, 0.3) is 0 Å². The number of hydrogen-bond donors (Lipinski definition) is 1. The van der Waals surface area contributed by atoms with E-state index in [2.05, 4.69) is 9.89 Å². The van der Waals surface area contributed by atoms with E-state index in [4.69, 9.17) is 5.73 Å². The van der Waals surface area contributed by atoms with Crippen molar-refractivity contribution in [3.8, 4) is 0 Å². The number of nitrogens with two attached hydrogens (primary N) is 1. The second-order valence-electron chi connectivity index (χ2n) is 5.91. The standard InChI is InChI=1S/C16H25N3O2S/c1-22(20,21)13-15-9-5-4-8-14(15)12-18-16(17)19-10-6-2-3-7-11-19/h4-5,8-9H,2-3,6-7,10-13H2,1H3,(H2,17,18). The van der Waals surface area contributed by atoms with Crippen LogP contribution in [-0.4, -0.2) is 38.6 Å². The van der Waals surface area contributed by atoms with Gasteiger partial charge in [-0.3, -0.25) is 0 Å². The van der Waals surface area contributed by atoms with Crippen molar-refractivity contribution in [2.24, 2.45) is 10.7 Å². The molecule has 1 aromatic rings. The molecule has 2 rings (SSSR count). The molecule has 22 heavy (non-hydrogen) atoms. The van der Waals surface area contributed by atoms with Crippen molar-refractivity contribution in [3.63, 3.8) is 0 Å². The van der Waals surface area contributed by atoms with Gasteiger partial charge >= 0.3 is 0 Å². The van der Waals surface area contributed by atoms with Crippen LogP contribution in [0.15, 0.2) is 29.3 Å². The Bertz CT molecular complexity index is 618. The molecule has 0 aromatic heterocycles. The molecular formula is C16H25N3O2S. The lowest BCUT2D eigenvalue weighted by Gasteiger charge is -2.21. The molecule has 122 valence electrons. The molecule has 0 aliphatic carbocycles. The molecule has 1 aliphatic rings. The Labute approximate surface area is 133 Å². The summed E-state index contributed by atoms with van der Waals surface area (Å²) in [6.07, 6.45) is 6.06. The Balaban J connectivity index is 2.08. The zero-order valence-corrected chi connectivity index (χ0v) is 14.0. The Kier molecular flexibility index (Phi) is 5.83. The maximum absolute atomic E-state index is 11.5. The Hall–Kier alpha value is -1.56. The number of guanidine groups is 1. The fraction of sp³-hybridized carbons (Fsp3) is 0.562. The Morgan fingerprint density at radius 3 is 2.32 bits per heavy atom. The molecule has 1 fully saturated rings. The van der Waals surface area contributed by atoms with E-state index in [1.165, 1.54) is 19.1 Å². The van der Waals surface area contributed by atoms with Gasteiger partial charge in [0.05, 0.1) is 12.3 Å². The Morgan fingerprint density at radius 1 is 1.14 bits per heavy atom. The molecule has 0 spiro atoms. The second kappa shape index (κ2) is 7.63. The zero-order chi connectivity index (χ0) is 16.0. The van der Waals surface area contributed by atoms with E-state index in [1.54, 1.807) is 0 Å². The van der Waals surface area contributed by atoms with Crippen LogP contribution in [0.4, 0.5) is 0 Å². The number of rotatable bonds is 4. The number of sulfone groups is 1. The highest BCUT2D eigenvalue weighted by atomic mass is 32.2. The molecule has 0 amide bonds. The highest BCUT2D eigenvalue weighted by Gasteiger charge is 2.12. The first-order chi connectivity index (χ1) is 10.5. The summed E-state index contributed by atoms with van der Waals surface area (Å²) < 4.78 is 23.0. The quantitative estimate of drug-likeness (QED) is 0.678. The summed E-state index contributed by atoms with van der Waals surface area (Å²) in [5, 5.41) is 0. The van der Waals surface area contributed by atoms with Crippen LogP contribution in [0.2, 0.25) is 0 Å². The topological polar surface area (TPSA) is 75.8 Å². The van der Waals surface area contributed by atoms with E-state index >= 15 is 0 Å². The van der Waals surface area contributed by atoms with Crippen LogP contribution in [-0.2, 0) is 22.1 Å². The maximum atomic E-state index is 11.5. The van der Waals surface area contributed by atoms with Crippen molar-refractivity contribution in [1.82, 2.24) is 4.90 Å². The molecule has 1 saturated heterocycles. The lowest BCUT2D eigenvalue weighted by molar-refractivity contribution is 0.428. The van der Waals surface area contributed by atoms with Crippen molar-refractivity contribution < 1.29 is 8.42 Å². The molecule has 1 aromatic carbocycles. The highest BCUT2D eigenvalue weighted by molar-refractivity contribution is 7.89. The average molecular weight is 323 g/mol. The van der Waals surface area contributed by atoms with E-state index in [0.717, 1.165) is 37.1 Å². The van der Waals surface area contributed by atoms with Crippen LogP contribution in [0.5, 0.6) is 0 Å². The van der Waals surface area contributed by atoms with Gasteiger partial charge < -0.3 is 10.6 Å². The van der Waals surface area contributed by atoms with E-state index in [-0.39, 0.29) is 5.75 Å². The van der Waals surface area contributed by atoms with Gasteiger partial charge in [-0.1, -0.05) is 37.1 Å². The van der Waals surface area contributed by atoms with Gasteiger partial charge in [-0.25, -0.2) is 13.4 Å². The van der Waals surface area contributed by atoms with Gasteiger partial charge in [0.1, 0.15) is 0 Å². The van der Waals surface area contributed by atoms with Crippen molar-refractivity contribution >= 4 is 15.8 Å². The van der Waals surface area contributed by atoms with E-state index in [1.807, 2.05) is 24.3 Å². The van der Waals surface area contributed by atoms with Crippen LogP contribution in [0, 0.1) is 0 Å². The molecule has 0 unspecified atom stereocenters. The molecular weight excluding hydrogens is 298 g/mol. The van der Waals surface area contributed by atoms with Crippen molar-refractivity contribution in [3.05, 3.63) is 35.4 Å². The Morgan fingerprint density at radius 2 is 1.73 bits per heavy atom. The number of hydrogen-bond acceptors (Lipinski definition) is 3. The monoisotopic (exact) mass is 323 g/mol. The van der Waals surface area contributed by atoms with Gasteiger partial charge in [-0.2, -0.15) is 0 Å².